The van der Waals surface area contributed by atoms with Gasteiger partial charge in [-0.15, -0.1) is 0 Å². The molecule has 0 atom stereocenters. The predicted octanol–water partition coefficient (Wildman–Crippen LogP) is 2.77. The number of benzene rings is 1. The van der Waals surface area contributed by atoms with Crippen LogP contribution in [0.1, 0.15) is 36.7 Å². The van der Waals surface area contributed by atoms with Crippen LogP contribution in [0, 0.1) is 12.3 Å². The molecular formula is C14H18O3. The molecule has 17 heavy (non-hydrogen) atoms. The van der Waals surface area contributed by atoms with Crippen molar-refractivity contribution in [3.05, 3.63) is 35.4 Å². The molecule has 1 rings (SSSR count). The molecule has 3 heteroatoms. The Kier molecular flexibility index (Phi) is 4.05. The minimum Gasteiger partial charge on any atom is -0.457 e. The second-order valence-electron chi connectivity index (χ2n) is 5.12. The minimum absolute atomic E-state index is 0.178. The number of carbonyl (C=O) groups excluding carboxylic acids is 2. The maximum Gasteiger partial charge on any atom is 0.311 e. The molecule has 0 aliphatic heterocycles. The maximum atomic E-state index is 11.7. The molecule has 1 aromatic carbocycles. The lowest BCUT2D eigenvalue weighted by Gasteiger charge is -2.16. The molecule has 0 saturated carbocycles. The third-order valence-electron chi connectivity index (χ3n) is 2.32. The molecule has 0 N–H and O–H groups in total. The Hall–Kier alpha value is -1.64. The van der Waals surface area contributed by atoms with Crippen LogP contribution in [-0.2, 0) is 9.53 Å². The van der Waals surface area contributed by atoms with E-state index in [9.17, 15) is 9.59 Å². The van der Waals surface area contributed by atoms with Crippen LogP contribution >= 0.6 is 0 Å². The van der Waals surface area contributed by atoms with E-state index in [0.29, 0.717) is 5.56 Å². The molecule has 1 aromatic rings. The topological polar surface area (TPSA) is 43.4 Å². The van der Waals surface area contributed by atoms with Crippen LogP contribution in [0.5, 0.6) is 0 Å². The van der Waals surface area contributed by atoms with E-state index in [2.05, 4.69) is 0 Å². The van der Waals surface area contributed by atoms with Crippen molar-refractivity contribution in [3.63, 3.8) is 0 Å². The molecule has 0 aromatic heterocycles. The Morgan fingerprint density at radius 1 is 1.12 bits per heavy atom. The first-order chi connectivity index (χ1) is 7.80. The lowest BCUT2D eigenvalue weighted by molar-refractivity contribution is -0.151. The van der Waals surface area contributed by atoms with Crippen molar-refractivity contribution in [1.82, 2.24) is 0 Å². The van der Waals surface area contributed by atoms with E-state index in [1.54, 1.807) is 32.9 Å². The first-order valence-electron chi connectivity index (χ1n) is 5.58. The summed E-state index contributed by atoms with van der Waals surface area (Å²) in [6.07, 6.45) is 0. The summed E-state index contributed by atoms with van der Waals surface area (Å²) in [5.41, 5.74) is 1.08. The van der Waals surface area contributed by atoms with E-state index < -0.39 is 5.41 Å². The van der Waals surface area contributed by atoms with E-state index in [0.717, 1.165) is 5.56 Å². The molecule has 0 aliphatic carbocycles. The quantitative estimate of drug-likeness (QED) is 0.596. The highest BCUT2D eigenvalue weighted by Gasteiger charge is 2.23. The second kappa shape index (κ2) is 5.13. The third kappa shape index (κ3) is 4.02. The van der Waals surface area contributed by atoms with Crippen molar-refractivity contribution >= 4 is 11.8 Å². The SMILES string of the molecule is Cc1ccc(C(=O)COC(=O)C(C)(C)C)cc1. The molecule has 0 unspecified atom stereocenters. The highest BCUT2D eigenvalue weighted by Crippen LogP contribution is 2.15. The van der Waals surface area contributed by atoms with Crippen molar-refractivity contribution < 1.29 is 14.3 Å². The van der Waals surface area contributed by atoms with Gasteiger partial charge in [-0.25, -0.2) is 0 Å². The Bertz CT molecular complexity index is 410. The highest BCUT2D eigenvalue weighted by atomic mass is 16.5. The summed E-state index contributed by atoms with van der Waals surface area (Å²) in [6.45, 7) is 7.02. The second-order valence-corrected chi connectivity index (χ2v) is 5.12. The van der Waals surface area contributed by atoms with Crippen molar-refractivity contribution in [2.45, 2.75) is 27.7 Å². The lowest BCUT2D eigenvalue weighted by Crippen LogP contribution is -2.25. The van der Waals surface area contributed by atoms with Gasteiger partial charge in [0.2, 0.25) is 0 Å². The molecule has 0 saturated heterocycles. The summed E-state index contributed by atoms with van der Waals surface area (Å²) in [7, 11) is 0. The summed E-state index contributed by atoms with van der Waals surface area (Å²) >= 11 is 0. The normalized spacial score (nSPS) is 11.1. The van der Waals surface area contributed by atoms with Gasteiger partial charge in [-0.2, -0.15) is 0 Å². The van der Waals surface area contributed by atoms with Crippen molar-refractivity contribution in [2.24, 2.45) is 5.41 Å². The summed E-state index contributed by atoms with van der Waals surface area (Å²) in [5.74, 6) is -0.541. The molecule has 0 spiro atoms. The summed E-state index contributed by atoms with van der Waals surface area (Å²) < 4.78 is 4.96. The molecular weight excluding hydrogens is 216 g/mol. The maximum absolute atomic E-state index is 11.7. The monoisotopic (exact) mass is 234 g/mol. The molecule has 0 heterocycles. The summed E-state index contributed by atoms with van der Waals surface area (Å²) in [6, 6.07) is 7.20. The van der Waals surface area contributed by atoms with Crippen LogP contribution < -0.4 is 0 Å². The van der Waals surface area contributed by atoms with E-state index in [1.807, 2.05) is 19.1 Å². The Labute approximate surface area is 102 Å². The largest absolute Gasteiger partial charge is 0.457 e. The zero-order valence-corrected chi connectivity index (χ0v) is 10.7. The third-order valence-corrected chi connectivity index (χ3v) is 2.32. The number of carbonyl (C=O) groups is 2. The number of hydrogen-bond donors (Lipinski definition) is 0. The van der Waals surface area contributed by atoms with E-state index >= 15 is 0 Å². The fraction of sp³-hybridized carbons (Fsp3) is 0.429. The number of hydrogen-bond acceptors (Lipinski definition) is 3. The number of ketones is 1. The van der Waals surface area contributed by atoms with Gasteiger partial charge in [0.15, 0.2) is 12.4 Å². The fourth-order valence-electron chi connectivity index (χ4n) is 1.17. The minimum atomic E-state index is -0.576. The predicted molar refractivity (Wildman–Crippen MR) is 65.9 cm³/mol. The van der Waals surface area contributed by atoms with Gasteiger partial charge < -0.3 is 4.74 Å². The van der Waals surface area contributed by atoms with Crippen LogP contribution in [-0.4, -0.2) is 18.4 Å². The van der Waals surface area contributed by atoms with Gasteiger partial charge in [0.1, 0.15) is 0 Å². The average Bonchev–Trinajstić information content (AvgIpc) is 2.25. The molecule has 92 valence electrons. The van der Waals surface area contributed by atoms with Crippen LogP contribution in [0.2, 0.25) is 0 Å². The van der Waals surface area contributed by atoms with Crippen LogP contribution in [0.15, 0.2) is 24.3 Å². The Morgan fingerprint density at radius 3 is 2.12 bits per heavy atom. The van der Waals surface area contributed by atoms with Crippen molar-refractivity contribution in [3.8, 4) is 0 Å². The number of rotatable bonds is 3. The Balaban J connectivity index is 2.56. The van der Waals surface area contributed by atoms with E-state index in [4.69, 9.17) is 4.74 Å². The van der Waals surface area contributed by atoms with Gasteiger partial charge in [0, 0.05) is 5.56 Å². The van der Waals surface area contributed by atoms with Gasteiger partial charge >= 0.3 is 5.97 Å². The van der Waals surface area contributed by atoms with Crippen molar-refractivity contribution in [2.75, 3.05) is 6.61 Å². The van der Waals surface area contributed by atoms with E-state index in [1.165, 1.54) is 0 Å². The summed E-state index contributed by atoms with van der Waals surface area (Å²) in [5, 5.41) is 0. The first-order valence-corrected chi connectivity index (χ1v) is 5.58. The molecule has 0 amide bonds. The van der Waals surface area contributed by atoms with Gasteiger partial charge in [-0.3, -0.25) is 9.59 Å². The van der Waals surface area contributed by atoms with Gasteiger partial charge in [0.25, 0.3) is 0 Å². The van der Waals surface area contributed by atoms with Crippen molar-refractivity contribution in [1.29, 1.82) is 0 Å². The molecule has 0 radical (unpaired) electrons. The first kappa shape index (κ1) is 13.4. The van der Waals surface area contributed by atoms with Crippen LogP contribution in [0.25, 0.3) is 0 Å². The highest BCUT2D eigenvalue weighted by molar-refractivity contribution is 5.98. The van der Waals surface area contributed by atoms with E-state index in [-0.39, 0.29) is 18.4 Å². The average molecular weight is 234 g/mol. The zero-order valence-electron chi connectivity index (χ0n) is 10.7. The summed E-state index contributed by atoms with van der Waals surface area (Å²) in [4.78, 5) is 23.2. The number of esters is 1. The molecule has 0 aliphatic rings. The standard InChI is InChI=1S/C14H18O3/c1-10-5-7-11(8-6-10)12(15)9-17-13(16)14(2,3)4/h5-8H,9H2,1-4H3. The lowest BCUT2D eigenvalue weighted by atomic mass is 9.97. The number of ether oxygens (including phenoxy) is 1. The van der Waals surface area contributed by atoms with Gasteiger partial charge in [-0.1, -0.05) is 29.8 Å². The molecule has 0 bridgehead atoms. The van der Waals surface area contributed by atoms with Gasteiger partial charge in [0.05, 0.1) is 5.41 Å². The fourth-order valence-corrected chi connectivity index (χ4v) is 1.17. The van der Waals surface area contributed by atoms with Gasteiger partial charge in [-0.05, 0) is 27.7 Å². The smallest absolute Gasteiger partial charge is 0.311 e. The molecule has 3 nitrogen and oxygen atoms in total. The Morgan fingerprint density at radius 2 is 1.65 bits per heavy atom. The molecule has 0 fully saturated rings. The van der Waals surface area contributed by atoms with Crippen LogP contribution in [0.3, 0.4) is 0 Å². The number of aryl methyl sites for hydroxylation is 1. The zero-order chi connectivity index (χ0) is 13.1. The number of Topliss-reactive ketones (excluding diaryl/α,β-unsaturated/α-hetero) is 1. The van der Waals surface area contributed by atoms with Crippen LogP contribution in [0.4, 0.5) is 0 Å².